The molecule has 2 aromatic heterocycles. The summed E-state index contributed by atoms with van der Waals surface area (Å²) in [6, 6.07) is 11.0. The first-order chi connectivity index (χ1) is 14.1. The Bertz CT molecular complexity index is 998. The van der Waals surface area contributed by atoms with Crippen molar-refractivity contribution in [1.29, 1.82) is 0 Å². The van der Waals surface area contributed by atoms with Crippen molar-refractivity contribution in [2.24, 2.45) is 5.73 Å². The number of aryl methyl sites for hydroxylation is 1. The predicted octanol–water partition coefficient (Wildman–Crippen LogP) is 1.91. The minimum atomic E-state index is -0.445. The molecule has 10 heteroatoms. The van der Waals surface area contributed by atoms with Crippen LogP contribution >= 0.6 is 11.8 Å². The fourth-order valence-electron chi connectivity index (χ4n) is 2.98. The van der Waals surface area contributed by atoms with Gasteiger partial charge >= 0.3 is 0 Å². The quantitative estimate of drug-likeness (QED) is 0.454. The fraction of sp³-hybridized carbons (Fsp3) is 0.263. The molecule has 1 fully saturated rings. The summed E-state index contributed by atoms with van der Waals surface area (Å²) in [4.78, 5) is 23.8. The molecular formula is C19H22N8OS. The van der Waals surface area contributed by atoms with Gasteiger partial charge in [-0.05, 0) is 43.0 Å². The molecule has 29 heavy (non-hydrogen) atoms. The zero-order chi connectivity index (χ0) is 20.2. The molecule has 3 heterocycles. The molecular weight excluding hydrogens is 388 g/mol. The maximum atomic E-state index is 11.3. The summed E-state index contributed by atoms with van der Waals surface area (Å²) in [6.45, 7) is 5.55. The van der Waals surface area contributed by atoms with Crippen LogP contribution in [0, 0.1) is 6.92 Å². The summed E-state index contributed by atoms with van der Waals surface area (Å²) in [7, 11) is 0. The van der Waals surface area contributed by atoms with Crippen LogP contribution in [-0.2, 0) is 0 Å². The second-order valence-corrected chi connectivity index (χ2v) is 7.72. The van der Waals surface area contributed by atoms with Gasteiger partial charge in [-0.1, -0.05) is 0 Å². The van der Waals surface area contributed by atoms with Crippen LogP contribution in [0.2, 0.25) is 0 Å². The summed E-state index contributed by atoms with van der Waals surface area (Å²) >= 11 is 1.43. The van der Waals surface area contributed by atoms with Gasteiger partial charge < -0.3 is 21.3 Å². The molecule has 0 unspecified atom stereocenters. The lowest BCUT2D eigenvalue weighted by Crippen LogP contribution is -2.44. The van der Waals surface area contributed by atoms with E-state index in [-0.39, 0.29) is 0 Å². The number of hydrogen-bond donors (Lipinski definition) is 4. The Morgan fingerprint density at radius 3 is 2.55 bits per heavy atom. The third kappa shape index (κ3) is 4.84. The normalized spacial score (nSPS) is 14.0. The van der Waals surface area contributed by atoms with Crippen molar-refractivity contribution < 1.29 is 4.79 Å². The second kappa shape index (κ2) is 8.50. The summed E-state index contributed by atoms with van der Waals surface area (Å²) < 4.78 is 0. The van der Waals surface area contributed by atoms with Gasteiger partial charge in [-0.3, -0.25) is 9.89 Å². The van der Waals surface area contributed by atoms with E-state index < -0.39 is 5.91 Å². The highest BCUT2D eigenvalue weighted by Gasteiger charge is 2.16. The zero-order valence-corrected chi connectivity index (χ0v) is 16.8. The number of hydrogen-bond acceptors (Lipinski definition) is 8. The zero-order valence-electron chi connectivity index (χ0n) is 16.0. The number of carbonyl (C=O) groups excluding carboxylic acids is 1. The Kier molecular flexibility index (Phi) is 5.63. The maximum Gasteiger partial charge on any atom is 0.248 e. The average molecular weight is 411 g/mol. The van der Waals surface area contributed by atoms with Gasteiger partial charge in [-0.25, -0.2) is 9.97 Å². The lowest BCUT2D eigenvalue weighted by Gasteiger charge is -2.28. The third-order valence-corrected chi connectivity index (χ3v) is 5.32. The number of nitrogens with two attached hydrogens (primary N) is 1. The SMILES string of the molecule is Cc1cc(Nc2cc(N3CCNCC3)nc(Sc3ccc(C(N)=O)cc3)n2)n[nH]1. The van der Waals surface area contributed by atoms with Crippen molar-refractivity contribution in [1.82, 2.24) is 25.5 Å². The Balaban J connectivity index is 1.61. The molecule has 9 nitrogen and oxygen atoms in total. The Hall–Kier alpha value is -3.11. The van der Waals surface area contributed by atoms with Crippen LogP contribution in [0.3, 0.4) is 0 Å². The van der Waals surface area contributed by atoms with E-state index in [0.717, 1.165) is 42.6 Å². The second-order valence-electron chi connectivity index (χ2n) is 6.68. The number of benzene rings is 1. The number of H-pyrrole nitrogens is 1. The smallest absolute Gasteiger partial charge is 0.248 e. The van der Waals surface area contributed by atoms with Crippen LogP contribution in [-0.4, -0.2) is 52.3 Å². The Morgan fingerprint density at radius 2 is 1.90 bits per heavy atom. The van der Waals surface area contributed by atoms with Crippen molar-refractivity contribution in [2.45, 2.75) is 17.0 Å². The average Bonchev–Trinajstić information content (AvgIpc) is 3.13. The van der Waals surface area contributed by atoms with Crippen LogP contribution in [0.25, 0.3) is 0 Å². The lowest BCUT2D eigenvalue weighted by atomic mass is 10.2. The van der Waals surface area contributed by atoms with Crippen LogP contribution in [0.1, 0.15) is 16.1 Å². The monoisotopic (exact) mass is 410 g/mol. The van der Waals surface area contributed by atoms with E-state index in [0.29, 0.717) is 22.4 Å². The number of piperazine rings is 1. The number of anilines is 3. The van der Waals surface area contributed by atoms with Crippen LogP contribution in [0.15, 0.2) is 46.5 Å². The molecule has 1 saturated heterocycles. The number of nitrogens with one attached hydrogen (secondary N) is 3. The van der Waals surface area contributed by atoms with Gasteiger partial charge in [0.15, 0.2) is 11.0 Å². The third-order valence-electron chi connectivity index (χ3n) is 4.44. The van der Waals surface area contributed by atoms with E-state index in [1.165, 1.54) is 11.8 Å². The van der Waals surface area contributed by atoms with E-state index >= 15 is 0 Å². The first-order valence-electron chi connectivity index (χ1n) is 9.28. The maximum absolute atomic E-state index is 11.3. The number of amides is 1. The number of nitrogens with zero attached hydrogens (tertiary/aromatic N) is 4. The molecule has 0 atom stereocenters. The number of carbonyl (C=O) groups is 1. The van der Waals surface area contributed by atoms with Crippen molar-refractivity contribution in [3.05, 3.63) is 47.7 Å². The minimum absolute atomic E-state index is 0.445. The van der Waals surface area contributed by atoms with Gasteiger partial charge in [0.25, 0.3) is 0 Å². The van der Waals surface area contributed by atoms with Gasteiger partial charge in [0.2, 0.25) is 5.91 Å². The molecule has 3 aromatic rings. The van der Waals surface area contributed by atoms with E-state index in [4.69, 9.17) is 10.7 Å². The summed E-state index contributed by atoms with van der Waals surface area (Å²) in [6.07, 6.45) is 0. The van der Waals surface area contributed by atoms with E-state index in [1.807, 2.05) is 31.2 Å². The molecule has 1 aromatic carbocycles. The van der Waals surface area contributed by atoms with E-state index in [9.17, 15) is 4.79 Å². The molecule has 0 aliphatic carbocycles. The number of aromatic amines is 1. The van der Waals surface area contributed by atoms with Gasteiger partial charge in [-0.15, -0.1) is 0 Å². The van der Waals surface area contributed by atoms with Crippen molar-refractivity contribution >= 4 is 35.1 Å². The lowest BCUT2D eigenvalue weighted by molar-refractivity contribution is 0.1000. The molecule has 0 saturated carbocycles. The van der Waals surface area contributed by atoms with E-state index in [1.54, 1.807) is 12.1 Å². The van der Waals surface area contributed by atoms with Gasteiger partial charge in [0, 0.05) is 54.5 Å². The molecule has 5 N–H and O–H groups in total. The van der Waals surface area contributed by atoms with Gasteiger partial charge in [-0.2, -0.15) is 5.10 Å². The molecule has 1 amide bonds. The number of aromatic nitrogens is 4. The standard InChI is InChI=1S/C19H22N8OS/c1-12-10-16(26-25-12)22-15-11-17(27-8-6-21-7-9-27)24-19(23-15)29-14-4-2-13(3-5-14)18(20)28/h2-5,10-11,21H,6-9H2,1H3,(H2,20,28)(H2,22,23,24,25,26). The first-order valence-corrected chi connectivity index (χ1v) is 10.1. The summed E-state index contributed by atoms with van der Waals surface area (Å²) in [5.74, 6) is 1.80. The topological polar surface area (TPSA) is 125 Å². The number of rotatable bonds is 6. The minimum Gasteiger partial charge on any atom is -0.366 e. The highest BCUT2D eigenvalue weighted by molar-refractivity contribution is 7.99. The Morgan fingerprint density at radius 1 is 1.14 bits per heavy atom. The van der Waals surface area contributed by atoms with Crippen molar-refractivity contribution in [3.8, 4) is 0 Å². The first kappa shape index (κ1) is 19.2. The van der Waals surface area contributed by atoms with Crippen LogP contribution in [0.5, 0.6) is 0 Å². The fourth-order valence-corrected chi connectivity index (χ4v) is 3.75. The highest BCUT2D eigenvalue weighted by Crippen LogP contribution is 2.29. The molecule has 0 radical (unpaired) electrons. The van der Waals surface area contributed by atoms with Crippen LogP contribution < -0.4 is 21.3 Å². The molecule has 0 spiro atoms. The predicted molar refractivity (Wildman–Crippen MR) is 113 cm³/mol. The highest BCUT2D eigenvalue weighted by atomic mass is 32.2. The molecule has 150 valence electrons. The Labute approximate surface area is 172 Å². The van der Waals surface area contributed by atoms with Gasteiger partial charge in [0.1, 0.15) is 11.6 Å². The van der Waals surface area contributed by atoms with Crippen LogP contribution in [0.4, 0.5) is 17.5 Å². The summed E-state index contributed by atoms with van der Waals surface area (Å²) in [5.41, 5.74) is 6.75. The van der Waals surface area contributed by atoms with Crippen molar-refractivity contribution in [2.75, 3.05) is 36.4 Å². The van der Waals surface area contributed by atoms with E-state index in [2.05, 4.69) is 30.7 Å². The molecule has 1 aliphatic rings. The van der Waals surface area contributed by atoms with Gasteiger partial charge in [0.05, 0.1) is 0 Å². The molecule has 4 rings (SSSR count). The molecule has 1 aliphatic heterocycles. The number of primary amides is 1. The molecule has 0 bridgehead atoms. The largest absolute Gasteiger partial charge is 0.366 e. The summed E-state index contributed by atoms with van der Waals surface area (Å²) in [5, 5.41) is 14.4. The van der Waals surface area contributed by atoms with Crippen molar-refractivity contribution in [3.63, 3.8) is 0 Å².